The first-order chi connectivity index (χ1) is 7.42. The lowest BCUT2D eigenvalue weighted by molar-refractivity contribution is -0.274. The van der Waals surface area contributed by atoms with E-state index >= 15 is 0 Å². The molecule has 0 spiro atoms. The molecule has 0 aliphatic rings. The number of hydrogen-bond donors (Lipinski definition) is 1. The average Bonchev–Trinajstić information content (AvgIpc) is 2.14. The van der Waals surface area contributed by atoms with Gasteiger partial charge in [-0.3, -0.25) is 0 Å². The normalized spacial score (nSPS) is 10.6. The maximum Gasteiger partial charge on any atom is 0.573 e. The Bertz CT molecular complexity index is 434. The molecule has 6 heteroatoms. The number of ether oxygens (including phenoxy) is 1. The van der Waals surface area contributed by atoms with Gasteiger partial charge in [0.25, 0.3) is 0 Å². The smallest absolute Gasteiger partial charge is 0.404 e. The Morgan fingerprint density at radius 3 is 2.62 bits per heavy atom. The molecule has 0 amide bonds. The minimum atomic E-state index is -4.72. The number of thiol groups is 1. The van der Waals surface area contributed by atoms with Gasteiger partial charge in [-0.2, -0.15) is 12.6 Å². The van der Waals surface area contributed by atoms with Gasteiger partial charge in [0, 0.05) is 4.47 Å². The molecule has 16 heavy (non-hydrogen) atoms. The van der Waals surface area contributed by atoms with Crippen molar-refractivity contribution in [1.82, 2.24) is 0 Å². The molecule has 0 heterocycles. The van der Waals surface area contributed by atoms with Crippen LogP contribution in [-0.2, 0) is 0 Å². The molecule has 1 aromatic carbocycles. The highest BCUT2D eigenvalue weighted by Crippen LogP contribution is 2.28. The second kappa shape index (κ2) is 5.51. The largest absolute Gasteiger partial charge is 0.573 e. The SMILES string of the molecule is FC(F)(F)Oc1cc(Br)ccc1C#CCS. The Labute approximate surface area is 105 Å². The molecular formula is C10H6BrF3OS. The Morgan fingerprint density at radius 2 is 2.06 bits per heavy atom. The van der Waals surface area contributed by atoms with Crippen molar-refractivity contribution in [1.29, 1.82) is 0 Å². The number of hydrogen-bond acceptors (Lipinski definition) is 2. The summed E-state index contributed by atoms with van der Waals surface area (Å²) < 4.78 is 40.6. The lowest BCUT2D eigenvalue weighted by atomic mass is 10.2. The fourth-order valence-electron chi connectivity index (χ4n) is 0.943. The number of rotatable bonds is 1. The van der Waals surface area contributed by atoms with Crippen molar-refractivity contribution >= 4 is 28.6 Å². The third-order valence-corrected chi connectivity index (χ3v) is 2.12. The maximum absolute atomic E-state index is 12.1. The van der Waals surface area contributed by atoms with E-state index in [-0.39, 0.29) is 17.1 Å². The first kappa shape index (κ1) is 13.3. The Kier molecular flexibility index (Phi) is 4.56. The Balaban J connectivity index is 3.08. The first-order valence-electron chi connectivity index (χ1n) is 4.07. The Hall–Kier alpha value is -0.800. The van der Waals surface area contributed by atoms with Crippen LogP contribution in [0.25, 0.3) is 0 Å². The summed E-state index contributed by atoms with van der Waals surface area (Å²) in [4.78, 5) is 0. The summed E-state index contributed by atoms with van der Waals surface area (Å²) in [6, 6.07) is 4.25. The van der Waals surface area contributed by atoms with Crippen LogP contribution in [0.15, 0.2) is 22.7 Å². The summed E-state index contributed by atoms with van der Waals surface area (Å²) in [5, 5.41) is 0. The van der Waals surface area contributed by atoms with Crippen LogP contribution in [0.1, 0.15) is 5.56 Å². The number of benzene rings is 1. The molecule has 0 unspecified atom stereocenters. The molecular weight excluding hydrogens is 305 g/mol. The van der Waals surface area contributed by atoms with Crippen LogP contribution in [0.5, 0.6) is 5.75 Å². The standard InChI is InChI=1S/C10H6BrF3OS/c11-8-4-3-7(2-1-5-16)9(6-8)15-10(12,13)14/h3-4,6,16H,5H2. The zero-order chi connectivity index (χ0) is 12.2. The van der Waals surface area contributed by atoms with E-state index < -0.39 is 6.36 Å². The summed E-state index contributed by atoms with van der Waals surface area (Å²) in [7, 11) is 0. The lowest BCUT2D eigenvalue weighted by Gasteiger charge is -2.10. The van der Waals surface area contributed by atoms with E-state index in [4.69, 9.17) is 0 Å². The van der Waals surface area contributed by atoms with Crippen molar-refractivity contribution in [3.05, 3.63) is 28.2 Å². The summed E-state index contributed by atoms with van der Waals surface area (Å²) in [5.41, 5.74) is 0.176. The summed E-state index contributed by atoms with van der Waals surface area (Å²) in [6.07, 6.45) is -4.72. The molecule has 0 bridgehead atoms. The molecule has 86 valence electrons. The highest BCUT2D eigenvalue weighted by Gasteiger charge is 2.32. The van der Waals surface area contributed by atoms with Crippen LogP contribution < -0.4 is 4.74 Å². The van der Waals surface area contributed by atoms with E-state index in [9.17, 15) is 13.2 Å². The second-order valence-corrected chi connectivity index (χ2v) is 3.88. The molecule has 0 saturated carbocycles. The van der Waals surface area contributed by atoms with Crippen molar-refractivity contribution in [3.63, 3.8) is 0 Å². The monoisotopic (exact) mass is 310 g/mol. The van der Waals surface area contributed by atoms with E-state index in [1.54, 1.807) is 6.07 Å². The predicted molar refractivity (Wildman–Crippen MR) is 61.6 cm³/mol. The van der Waals surface area contributed by atoms with Gasteiger partial charge in [0.2, 0.25) is 0 Å². The number of halogens is 4. The maximum atomic E-state index is 12.1. The van der Waals surface area contributed by atoms with E-state index in [1.807, 2.05) is 0 Å². The van der Waals surface area contributed by atoms with E-state index in [0.717, 1.165) is 0 Å². The molecule has 0 N–H and O–H groups in total. The molecule has 0 saturated heterocycles. The van der Waals surface area contributed by atoms with Gasteiger partial charge >= 0.3 is 6.36 Å². The molecule has 1 rings (SSSR count). The average molecular weight is 311 g/mol. The van der Waals surface area contributed by atoms with Crippen LogP contribution >= 0.6 is 28.6 Å². The first-order valence-corrected chi connectivity index (χ1v) is 5.50. The molecule has 0 aliphatic heterocycles. The van der Waals surface area contributed by atoms with Gasteiger partial charge in [-0.25, -0.2) is 0 Å². The quantitative estimate of drug-likeness (QED) is 0.615. The van der Waals surface area contributed by atoms with Crippen molar-refractivity contribution in [2.24, 2.45) is 0 Å². The van der Waals surface area contributed by atoms with Gasteiger partial charge in [0.05, 0.1) is 11.3 Å². The van der Waals surface area contributed by atoms with E-state index in [1.165, 1.54) is 12.1 Å². The van der Waals surface area contributed by atoms with Crippen LogP contribution in [0, 0.1) is 11.8 Å². The summed E-state index contributed by atoms with van der Waals surface area (Å²) in [6.45, 7) is 0. The molecule has 0 radical (unpaired) electrons. The van der Waals surface area contributed by atoms with Crippen molar-refractivity contribution in [2.75, 3.05) is 5.75 Å². The molecule has 1 nitrogen and oxygen atoms in total. The van der Waals surface area contributed by atoms with Crippen molar-refractivity contribution in [2.45, 2.75) is 6.36 Å². The predicted octanol–water partition coefficient (Wildman–Crippen LogP) is 3.63. The summed E-state index contributed by atoms with van der Waals surface area (Å²) in [5.74, 6) is 5.04. The minimum absolute atomic E-state index is 0.176. The van der Waals surface area contributed by atoms with Gasteiger partial charge in [-0.1, -0.05) is 27.8 Å². The van der Waals surface area contributed by atoms with Crippen LogP contribution in [0.2, 0.25) is 0 Å². The van der Waals surface area contributed by atoms with Gasteiger partial charge in [0.15, 0.2) is 0 Å². The van der Waals surface area contributed by atoms with Crippen molar-refractivity contribution in [3.8, 4) is 17.6 Å². The topological polar surface area (TPSA) is 9.23 Å². The third-order valence-electron chi connectivity index (χ3n) is 1.47. The van der Waals surface area contributed by atoms with E-state index in [2.05, 4.69) is 45.1 Å². The lowest BCUT2D eigenvalue weighted by Crippen LogP contribution is -2.17. The fraction of sp³-hybridized carbons (Fsp3) is 0.200. The zero-order valence-electron chi connectivity index (χ0n) is 7.81. The van der Waals surface area contributed by atoms with Gasteiger partial charge < -0.3 is 4.74 Å². The van der Waals surface area contributed by atoms with Crippen LogP contribution in [0.4, 0.5) is 13.2 Å². The van der Waals surface area contributed by atoms with Gasteiger partial charge in [-0.15, -0.1) is 13.2 Å². The Morgan fingerprint density at radius 1 is 1.38 bits per heavy atom. The molecule has 1 aromatic rings. The minimum Gasteiger partial charge on any atom is -0.404 e. The van der Waals surface area contributed by atoms with Crippen LogP contribution in [-0.4, -0.2) is 12.1 Å². The van der Waals surface area contributed by atoms with Gasteiger partial charge in [0.1, 0.15) is 5.75 Å². The highest BCUT2D eigenvalue weighted by molar-refractivity contribution is 9.10. The zero-order valence-corrected chi connectivity index (χ0v) is 10.3. The molecule has 0 aliphatic carbocycles. The third kappa shape index (κ3) is 4.37. The van der Waals surface area contributed by atoms with E-state index in [0.29, 0.717) is 4.47 Å². The van der Waals surface area contributed by atoms with Crippen LogP contribution in [0.3, 0.4) is 0 Å². The molecule has 0 aromatic heterocycles. The second-order valence-electron chi connectivity index (χ2n) is 2.65. The summed E-state index contributed by atoms with van der Waals surface area (Å²) >= 11 is 6.91. The molecule has 0 fully saturated rings. The highest BCUT2D eigenvalue weighted by atomic mass is 79.9. The molecule has 0 atom stereocenters. The van der Waals surface area contributed by atoms with Crippen molar-refractivity contribution < 1.29 is 17.9 Å². The van der Waals surface area contributed by atoms with Gasteiger partial charge in [-0.05, 0) is 18.2 Å². The number of alkyl halides is 3. The fourth-order valence-corrected chi connectivity index (χ4v) is 1.36.